The number of hydrogen-bond donors (Lipinski definition) is 1. The fourth-order valence-corrected chi connectivity index (χ4v) is 3.31. The molecule has 1 aromatic heterocycles. The number of hydrogen-bond acceptors (Lipinski definition) is 3. The molecule has 0 spiro atoms. The number of benzene rings is 1. The van der Waals surface area contributed by atoms with Gasteiger partial charge in [0.2, 0.25) is 0 Å². The van der Waals surface area contributed by atoms with Crippen molar-refractivity contribution >= 4 is 34.8 Å². The summed E-state index contributed by atoms with van der Waals surface area (Å²) in [4.78, 5) is 4.23. The number of aromatic nitrogens is 1. The van der Waals surface area contributed by atoms with Gasteiger partial charge in [0.05, 0.1) is 28.4 Å². The molecule has 3 rings (SSSR count). The second-order valence-electron chi connectivity index (χ2n) is 4.98. The minimum atomic E-state index is -0.346. The van der Waals surface area contributed by atoms with Crippen LogP contribution in [0.15, 0.2) is 24.4 Å². The van der Waals surface area contributed by atoms with Gasteiger partial charge in [0.25, 0.3) is 0 Å². The summed E-state index contributed by atoms with van der Waals surface area (Å²) in [6.07, 6.45) is 2.97. The molecule has 1 aromatic carbocycles. The Morgan fingerprint density at radius 2 is 2.00 bits per heavy atom. The van der Waals surface area contributed by atoms with Crippen LogP contribution in [0.5, 0.6) is 5.75 Å². The van der Waals surface area contributed by atoms with Crippen molar-refractivity contribution < 1.29 is 4.74 Å². The van der Waals surface area contributed by atoms with Gasteiger partial charge in [0.1, 0.15) is 5.75 Å². The highest BCUT2D eigenvalue weighted by Gasteiger charge is 2.21. The van der Waals surface area contributed by atoms with E-state index in [1.54, 1.807) is 12.3 Å². The zero-order valence-electron chi connectivity index (χ0n) is 11.1. The first-order valence-corrected chi connectivity index (χ1v) is 7.68. The monoisotopic (exact) mass is 342 g/mol. The zero-order valence-corrected chi connectivity index (χ0v) is 13.3. The summed E-state index contributed by atoms with van der Waals surface area (Å²) in [6, 6.07) is 5.12. The third-order valence-corrected chi connectivity index (χ3v) is 4.18. The predicted octanol–water partition coefficient (Wildman–Crippen LogP) is 4.22. The number of halogens is 3. The molecule has 3 nitrogen and oxygen atoms in total. The number of ether oxygens (including phenoxy) is 1. The Labute approximate surface area is 138 Å². The van der Waals surface area contributed by atoms with Crippen molar-refractivity contribution in [2.75, 3.05) is 6.61 Å². The molecule has 6 heteroatoms. The molecule has 0 aliphatic carbocycles. The number of rotatable bonds is 3. The second-order valence-corrected chi connectivity index (χ2v) is 6.26. The quantitative estimate of drug-likeness (QED) is 0.907. The van der Waals surface area contributed by atoms with E-state index < -0.39 is 0 Å². The van der Waals surface area contributed by atoms with Crippen molar-refractivity contribution in [3.05, 3.63) is 56.3 Å². The molecule has 0 saturated carbocycles. The van der Waals surface area contributed by atoms with Crippen LogP contribution in [-0.4, -0.2) is 11.6 Å². The average molecular weight is 344 g/mol. The molecular weight excluding hydrogens is 331 g/mol. The van der Waals surface area contributed by atoms with Crippen molar-refractivity contribution in [2.45, 2.75) is 18.9 Å². The summed E-state index contributed by atoms with van der Waals surface area (Å²) in [5, 5.41) is 1.65. The Morgan fingerprint density at radius 1 is 1.19 bits per heavy atom. The topological polar surface area (TPSA) is 48.1 Å². The van der Waals surface area contributed by atoms with Crippen molar-refractivity contribution in [1.29, 1.82) is 0 Å². The lowest BCUT2D eigenvalue weighted by Crippen LogP contribution is -2.16. The van der Waals surface area contributed by atoms with Crippen LogP contribution in [-0.2, 0) is 12.8 Å². The maximum atomic E-state index is 6.23. The Morgan fingerprint density at radius 3 is 2.76 bits per heavy atom. The van der Waals surface area contributed by atoms with Crippen molar-refractivity contribution in [1.82, 2.24) is 4.98 Å². The first kappa shape index (κ1) is 14.9. The third-order valence-electron chi connectivity index (χ3n) is 3.45. The number of nitrogens with zero attached hydrogens (tertiary/aromatic N) is 1. The lowest BCUT2D eigenvalue weighted by atomic mass is 10.00. The molecule has 0 radical (unpaired) electrons. The van der Waals surface area contributed by atoms with Crippen LogP contribution in [0.1, 0.15) is 22.9 Å². The maximum absolute atomic E-state index is 6.23. The molecule has 0 saturated heterocycles. The summed E-state index contributed by atoms with van der Waals surface area (Å²) >= 11 is 18.2. The highest BCUT2D eigenvalue weighted by molar-refractivity contribution is 6.34. The van der Waals surface area contributed by atoms with Gasteiger partial charge in [-0.3, -0.25) is 4.98 Å². The molecule has 0 bridgehead atoms. The van der Waals surface area contributed by atoms with Crippen LogP contribution in [0.2, 0.25) is 15.1 Å². The van der Waals surface area contributed by atoms with E-state index in [0.717, 1.165) is 23.3 Å². The van der Waals surface area contributed by atoms with E-state index in [4.69, 9.17) is 45.3 Å². The van der Waals surface area contributed by atoms with Gasteiger partial charge in [0.15, 0.2) is 0 Å². The van der Waals surface area contributed by atoms with Crippen LogP contribution < -0.4 is 10.5 Å². The Bertz CT molecular complexity index is 691. The molecule has 0 fully saturated rings. The van der Waals surface area contributed by atoms with Crippen molar-refractivity contribution in [2.24, 2.45) is 5.73 Å². The Balaban J connectivity index is 1.90. The molecule has 2 heterocycles. The van der Waals surface area contributed by atoms with Crippen LogP contribution in [0.3, 0.4) is 0 Å². The lowest BCUT2D eigenvalue weighted by molar-refractivity contribution is 0.352. The van der Waals surface area contributed by atoms with Crippen LogP contribution in [0.4, 0.5) is 0 Å². The van der Waals surface area contributed by atoms with Gasteiger partial charge in [-0.2, -0.15) is 0 Å². The van der Waals surface area contributed by atoms with E-state index in [2.05, 4.69) is 4.98 Å². The first-order chi connectivity index (χ1) is 10.0. The Kier molecular flexibility index (Phi) is 4.27. The molecule has 2 aromatic rings. The number of fused-ring (bicyclic) bond motifs is 1. The lowest BCUT2D eigenvalue weighted by Gasteiger charge is -2.15. The minimum absolute atomic E-state index is 0.346. The van der Waals surface area contributed by atoms with E-state index in [1.165, 1.54) is 0 Å². The second kappa shape index (κ2) is 6.01. The van der Waals surface area contributed by atoms with E-state index in [1.807, 2.05) is 12.1 Å². The molecule has 1 atom stereocenters. The minimum Gasteiger partial charge on any atom is -0.493 e. The average Bonchev–Trinajstić information content (AvgIpc) is 2.86. The van der Waals surface area contributed by atoms with Crippen molar-refractivity contribution in [3.8, 4) is 5.75 Å². The van der Waals surface area contributed by atoms with E-state index in [-0.39, 0.29) is 6.04 Å². The highest BCUT2D eigenvalue weighted by atomic mass is 35.5. The molecule has 21 heavy (non-hydrogen) atoms. The third kappa shape index (κ3) is 3.11. The number of nitrogens with two attached hydrogens (primary N) is 1. The van der Waals surface area contributed by atoms with Crippen LogP contribution >= 0.6 is 34.8 Å². The standard InChI is InChI=1S/C15H13Cl3N2O/c16-10-3-8-1-2-21-15(8)9(4-10)5-13(19)14-12(18)6-11(17)7-20-14/h3-4,6-7,13H,1-2,5,19H2. The van der Waals surface area contributed by atoms with Gasteiger partial charge in [-0.05, 0) is 35.7 Å². The maximum Gasteiger partial charge on any atom is 0.125 e. The molecular formula is C15H13Cl3N2O. The van der Waals surface area contributed by atoms with Crippen LogP contribution in [0, 0.1) is 0 Å². The van der Waals surface area contributed by atoms with Gasteiger partial charge in [0, 0.05) is 17.6 Å². The molecule has 1 aliphatic rings. The predicted molar refractivity (Wildman–Crippen MR) is 85.5 cm³/mol. The normalized spacial score (nSPS) is 14.7. The van der Waals surface area contributed by atoms with Gasteiger partial charge in [-0.1, -0.05) is 34.8 Å². The molecule has 2 N–H and O–H groups in total. The molecule has 1 aliphatic heterocycles. The highest BCUT2D eigenvalue weighted by Crippen LogP contribution is 2.35. The van der Waals surface area contributed by atoms with E-state index >= 15 is 0 Å². The molecule has 0 amide bonds. The summed E-state index contributed by atoms with van der Waals surface area (Å²) in [6.45, 7) is 0.678. The first-order valence-electron chi connectivity index (χ1n) is 6.55. The van der Waals surface area contributed by atoms with Crippen molar-refractivity contribution in [3.63, 3.8) is 0 Å². The summed E-state index contributed by atoms with van der Waals surface area (Å²) in [5.41, 5.74) is 8.96. The molecule has 110 valence electrons. The SMILES string of the molecule is NC(Cc1cc(Cl)cc2c1OCC2)c1ncc(Cl)cc1Cl. The van der Waals surface area contributed by atoms with Gasteiger partial charge in [-0.25, -0.2) is 0 Å². The summed E-state index contributed by atoms with van der Waals surface area (Å²) < 4.78 is 5.68. The van der Waals surface area contributed by atoms with Gasteiger partial charge in [-0.15, -0.1) is 0 Å². The van der Waals surface area contributed by atoms with Gasteiger partial charge < -0.3 is 10.5 Å². The van der Waals surface area contributed by atoms with Gasteiger partial charge >= 0.3 is 0 Å². The van der Waals surface area contributed by atoms with E-state index in [0.29, 0.717) is 33.8 Å². The number of pyridine rings is 1. The fraction of sp³-hybridized carbons (Fsp3) is 0.267. The smallest absolute Gasteiger partial charge is 0.125 e. The van der Waals surface area contributed by atoms with Crippen LogP contribution in [0.25, 0.3) is 0 Å². The largest absolute Gasteiger partial charge is 0.493 e. The fourth-order valence-electron chi connectivity index (χ4n) is 2.53. The summed E-state index contributed by atoms with van der Waals surface area (Å²) in [5.74, 6) is 0.889. The summed E-state index contributed by atoms with van der Waals surface area (Å²) in [7, 11) is 0. The van der Waals surface area contributed by atoms with E-state index in [9.17, 15) is 0 Å². The molecule has 1 unspecified atom stereocenters. The Hall–Kier alpha value is -1.000. The zero-order chi connectivity index (χ0) is 15.0.